The number of rotatable bonds is 3. The molecule has 23 heavy (non-hydrogen) atoms. The van der Waals surface area contributed by atoms with Crippen LogP contribution < -0.4 is 16.0 Å². The summed E-state index contributed by atoms with van der Waals surface area (Å²) in [6, 6.07) is 20.1. The second-order valence-electron chi connectivity index (χ2n) is 6.72. The number of benzene rings is 2. The molecule has 1 aliphatic rings. The van der Waals surface area contributed by atoms with Crippen LogP contribution in [-0.4, -0.2) is 25.2 Å². The van der Waals surface area contributed by atoms with Crippen LogP contribution in [0.3, 0.4) is 0 Å². The molecule has 122 valence electrons. The summed E-state index contributed by atoms with van der Waals surface area (Å²) < 4.78 is 0. The fraction of sp³-hybridized carbons (Fsp3) is 0.400. The molecule has 2 aromatic carbocycles. The normalized spacial score (nSPS) is 21.3. The molecule has 0 saturated heterocycles. The fourth-order valence-electron chi connectivity index (χ4n) is 3.11. The van der Waals surface area contributed by atoms with Crippen molar-refractivity contribution in [3.05, 3.63) is 60.2 Å². The molecule has 0 amide bonds. The summed E-state index contributed by atoms with van der Waals surface area (Å²) in [5.41, 5.74) is 3.76. The van der Waals surface area contributed by atoms with Crippen LogP contribution in [-0.2, 0) is 6.42 Å². The Morgan fingerprint density at radius 2 is 1.61 bits per heavy atom. The second kappa shape index (κ2) is 7.51. The topological polar surface area (TPSA) is 36.1 Å². The van der Waals surface area contributed by atoms with Crippen molar-refractivity contribution >= 4 is 11.4 Å². The highest BCUT2D eigenvalue weighted by atomic mass is 15.1. The molecule has 0 aliphatic carbocycles. The molecule has 0 saturated carbocycles. The summed E-state index contributed by atoms with van der Waals surface area (Å²) in [5.74, 6) is 0.602. The maximum atomic E-state index is 3.74. The molecule has 3 heteroatoms. The van der Waals surface area contributed by atoms with Gasteiger partial charge in [-0.1, -0.05) is 56.3 Å². The van der Waals surface area contributed by atoms with E-state index >= 15 is 0 Å². The smallest absolute Gasteiger partial charge is 0.0578 e. The third-order valence-corrected chi connectivity index (χ3v) is 4.56. The van der Waals surface area contributed by atoms with Gasteiger partial charge in [-0.15, -0.1) is 0 Å². The van der Waals surface area contributed by atoms with Gasteiger partial charge >= 0.3 is 0 Å². The lowest BCUT2D eigenvalue weighted by Crippen LogP contribution is -2.44. The molecule has 1 aliphatic heterocycles. The molecule has 0 fully saturated rings. The molecular weight excluding hydrogens is 282 g/mol. The number of nitrogens with one attached hydrogen (secondary N) is 3. The molecule has 3 N–H and O–H groups in total. The molecule has 2 aromatic rings. The Morgan fingerprint density at radius 1 is 0.913 bits per heavy atom. The van der Waals surface area contributed by atoms with E-state index < -0.39 is 0 Å². The van der Waals surface area contributed by atoms with Gasteiger partial charge in [0.15, 0.2) is 0 Å². The lowest BCUT2D eigenvalue weighted by molar-refractivity contribution is 0.405. The Morgan fingerprint density at radius 3 is 2.35 bits per heavy atom. The highest BCUT2D eigenvalue weighted by molar-refractivity contribution is 5.69. The van der Waals surface area contributed by atoms with Gasteiger partial charge in [0.25, 0.3) is 0 Å². The summed E-state index contributed by atoms with van der Waals surface area (Å²) in [6.45, 7) is 6.48. The minimum Gasteiger partial charge on any atom is -0.382 e. The van der Waals surface area contributed by atoms with Crippen LogP contribution in [0, 0.1) is 5.92 Å². The van der Waals surface area contributed by atoms with Crippen molar-refractivity contribution in [1.29, 1.82) is 0 Å². The molecule has 1 heterocycles. The van der Waals surface area contributed by atoms with Crippen LogP contribution >= 0.6 is 0 Å². The Balaban J connectivity index is 1.81. The summed E-state index contributed by atoms with van der Waals surface area (Å²) >= 11 is 0. The van der Waals surface area contributed by atoms with Crippen LogP contribution in [0.2, 0.25) is 0 Å². The predicted molar refractivity (Wildman–Crippen MR) is 99.1 cm³/mol. The zero-order chi connectivity index (χ0) is 16.1. The zero-order valence-electron chi connectivity index (χ0n) is 14.0. The van der Waals surface area contributed by atoms with Gasteiger partial charge in [-0.05, 0) is 30.0 Å². The van der Waals surface area contributed by atoms with E-state index in [2.05, 4.69) is 84.4 Å². The number of anilines is 2. The maximum absolute atomic E-state index is 3.74. The van der Waals surface area contributed by atoms with E-state index in [1.165, 1.54) is 16.9 Å². The van der Waals surface area contributed by atoms with Gasteiger partial charge in [0.2, 0.25) is 0 Å². The first-order valence-corrected chi connectivity index (χ1v) is 8.59. The highest BCUT2D eigenvalue weighted by Crippen LogP contribution is 2.24. The van der Waals surface area contributed by atoms with E-state index in [1.54, 1.807) is 0 Å². The molecule has 2 atom stereocenters. The first-order chi connectivity index (χ1) is 11.2. The van der Waals surface area contributed by atoms with Crippen molar-refractivity contribution in [3.8, 4) is 0 Å². The van der Waals surface area contributed by atoms with Gasteiger partial charge in [0.05, 0.1) is 11.4 Å². The molecule has 0 radical (unpaired) electrons. The van der Waals surface area contributed by atoms with Gasteiger partial charge in [-0.25, -0.2) is 0 Å². The van der Waals surface area contributed by atoms with Gasteiger partial charge < -0.3 is 16.0 Å². The van der Waals surface area contributed by atoms with Crippen LogP contribution in [0.25, 0.3) is 0 Å². The average Bonchev–Trinajstić information content (AvgIpc) is 2.64. The largest absolute Gasteiger partial charge is 0.382 e. The SMILES string of the molecule is CC(C)[C@H]1CNc2ccccc2N[C@@H](Cc2ccccc2)CN1. The molecule has 0 unspecified atom stereocenters. The summed E-state index contributed by atoms with van der Waals surface area (Å²) in [5, 5.41) is 11.1. The van der Waals surface area contributed by atoms with E-state index in [0.29, 0.717) is 18.0 Å². The van der Waals surface area contributed by atoms with Crippen molar-refractivity contribution in [2.45, 2.75) is 32.4 Å². The quantitative estimate of drug-likeness (QED) is 0.808. The van der Waals surface area contributed by atoms with Crippen molar-refractivity contribution in [2.24, 2.45) is 5.92 Å². The first kappa shape index (κ1) is 15.9. The Labute approximate surface area is 139 Å². The van der Waals surface area contributed by atoms with Gasteiger partial charge in [0, 0.05) is 25.2 Å². The maximum Gasteiger partial charge on any atom is 0.0578 e. The first-order valence-electron chi connectivity index (χ1n) is 8.59. The van der Waals surface area contributed by atoms with E-state index in [0.717, 1.165) is 19.5 Å². The number of hydrogen-bond donors (Lipinski definition) is 3. The Bertz CT molecular complexity index is 609. The third kappa shape index (κ3) is 4.26. The molecule has 3 rings (SSSR count). The van der Waals surface area contributed by atoms with Crippen molar-refractivity contribution < 1.29 is 0 Å². The number of para-hydroxylation sites is 2. The standard InChI is InChI=1S/C20H27N3/c1-15(2)20-14-22-18-10-6-7-11-19(18)23-17(13-21-20)12-16-8-4-3-5-9-16/h3-11,15,17,20-23H,12-14H2,1-2H3/t17-,20+/m0/s1. The molecule has 0 bridgehead atoms. The molecular formula is C20H27N3. The van der Waals surface area contributed by atoms with Crippen LogP contribution in [0.15, 0.2) is 54.6 Å². The minimum absolute atomic E-state index is 0.375. The molecule has 0 aromatic heterocycles. The van der Waals surface area contributed by atoms with Crippen molar-refractivity contribution in [3.63, 3.8) is 0 Å². The summed E-state index contributed by atoms with van der Waals surface area (Å²) in [7, 11) is 0. The van der Waals surface area contributed by atoms with Gasteiger partial charge in [0.1, 0.15) is 0 Å². The monoisotopic (exact) mass is 309 g/mol. The number of fused-ring (bicyclic) bond motifs is 1. The highest BCUT2D eigenvalue weighted by Gasteiger charge is 2.19. The van der Waals surface area contributed by atoms with Crippen LogP contribution in [0.5, 0.6) is 0 Å². The lowest BCUT2D eigenvalue weighted by Gasteiger charge is -2.25. The molecule has 3 nitrogen and oxygen atoms in total. The minimum atomic E-state index is 0.375. The average molecular weight is 309 g/mol. The van der Waals surface area contributed by atoms with E-state index in [4.69, 9.17) is 0 Å². The Hall–Kier alpha value is -2.00. The van der Waals surface area contributed by atoms with Crippen LogP contribution in [0.1, 0.15) is 19.4 Å². The van der Waals surface area contributed by atoms with Crippen LogP contribution in [0.4, 0.5) is 11.4 Å². The lowest BCUT2D eigenvalue weighted by atomic mass is 10.0. The molecule has 0 spiro atoms. The van der Waals surface area contributed by atoms with E-state index in [9.17, 15) is 0 Å². The van der Waals surface area contributed by atoms with Gasteiger partial charge in [-0.3, -0.25) is 0 Å². The van der Waals surface area contributed by atoms with Crippen molar-refractivity contribution in [2.75, 3.05) is 23.7 Å². The fourth-order valence-corrected chi connectivity index (χ4v) is 3.11. The second-order valence-corrected chi connectivity index (χ2v) is 6.72. The summed E-state index contributed by atoms with van der Waals surface area (Å²) in [6.07, 6.45) is 1.02. The Kier molecular flexibility index (Phi) is 5.19. The van der Waals surface area contributed by atoms with E-state index in [-0.39, 0.29) is 0 Å². The van der Waals surface area contributed by atoms with Gasteiger partial charge in [-0.2, -0.15) is 0 Å². The van der Waals surface area contributed by atoms with Crippen molar-refractivity contribution in [1.82, 2.24) is 5.32 Å². The summed E-state index contributed by atoms with van der Waals surface area (Å²) in [4.78, 5) is 0. The third-order valence-electron chi connectivity index (χ3n) is 4.56. The number of hydrogen-bond acceptors (Lipinski definition) is 3. The zero-order valence-corrected chi connectivity index (χ0v) is 14.0. The predicted octanol–water partition coefficient (Wildman–Crippen LogP) is 3.75. The van der Waals surface area contributed by atoms with E-state index in [1.807, 2.05) is 0 Å².